The lowest BCUT2D eigenvalue weighted by Crippen LogP contribution is -2.39. The zero-order valence-electron chi connectivity index (χ0n) is 18.3. The molecule has 7 nitrogen and oxygen atoms in total. The second kappa shape index (κ2) is 13.5. The molecule has 0 bridgehead atoms. The van der Waals surface area contributed by atoms with Crippen LogP contribution in [0, 0.1) is 5.92 Å². The van der Waals surface area contributed by atoms with Crippen LogP contribution in [-0.4, -0.2) is 62.5 Å². The molecule has 0 radical (unpaired) electrons. The van der Waals surface area contributed by atoms with Crippen LogP contribution in [-0.2, 0) is 22.6 Å². The van der Waals surface area contributed by atoms with Gasteiger partial charge < -0.3 is 24.3 Å². The number of aliphatic imine (C=N–C) groups is 1. The fraction of sp³-hybridized carbons (Fsp3) is 0.478. The van der Waals surface area contributed by atoms with E-state index in [1.165, 1.54) is 5.56 Å². The topological polar surface area (TPSA) is 68.1 Å². The zero-order chi connectivity index (χ0) is 21.2. The molecule has 1 atom stereocenters. The third kappa shape index (κ3) is 7.93. The average Bonchev–Trinajstić information content (AvgIpc) is 3.23. The van der Waals surface area contributed by atoms with E-state index in [4.69, 9.17) is 9.47 Å². The maximum Gasteiger partial charge on any atom is 0.250 e. The van der Waals surface area contributed by atoms with Gasteiger partial charge in [-0.3, -0.25) is 9.79 Å². The van der Waals surface area contributed by atoms with E-state index in [0.29, 0.717) is 32.2 Å². The summed E-state index contributed by atoms with van der Waals surface area (Å²) in [5, 5.41) is 3.46. The molecule has 8 heteroatoms. The van der Waals surface area contributed by atoms with Crippen LogP contribution in [0.4, 0.5) is 0 Å². The van der Waals surface area contributed by atoms with Crippen LogP contribution in [0.3, 0.4) is 0 Å². The number of halogens is 1. The molecular weight excluding hydrogens is 507 g/mol. The van der Waals surface area contributed by atoms with Gasteiger partial charge in [-0.25, -0.2) is 0 Å². The summed E-state index contributed by atoms with van der Waals surface area (Å²) in [5.74, 6) is 1.45. The van der Waals surface area contributed by atoms with Crippen molar-refractivity contribution in [3.05, 3.63) is 70.1 Å². The minimum atomic E-state index is 0. The second-order valence-electron chi connectivity index (χ2n) is 7.55. The zero-order valence-corrected chi connectivity index (χ0v) is 20.7. The molecule has 1 aliphatic heterocycles. The van der Waals surface area contributed by atoms with Crippen LogP contribution in [0.2, 0.25) is 0 Å². The van der Waals surface area contributed by atoms with Gasteiger partial charge in [0.05, 0.1) is 26.4 Å². The Hall–Kier alpha value is -1.91. The minimum Gasteiger partial charge on any atom is -0.382 e. The number of rotatable bonds is 9. The molecule has 2 aromatic rings. The molecule has 1 N–H and O–H groups in total. The summed E-state index contributed by atoms with van der Waals surface area (Å²) in [5.41, 5.74) is 2.30. The van der Waals surface area contributed by atoms with Gasteiger partial charge in [0.1, 0.15) is 0 Å². The Morgan fingerprint density at radius 3 is 2.65 bits per heavy atom. The van der Waals surface area contributed by atoms with E-state index in [1.807, 2.05) is 19.3 Å². The van der Waals surface area contributed by atoms with Crippen LogP contribution in [0.5, 0.6) is 0 Å². The van der Waals surface area contributed by atoms with Crippen molar-refractivity contribution >= 4 is 29.9 Å². The fourth-order valence-corrected chi connectivity index (χ4v) is 3.62. The molecule has 1 fully saturated rings. The average molecular weight is 540 g/mol. The van der Waals surface area contributed by atoms with Crippen molar-refractivity contribution in [2.75, 3.05) is 47.1 Å². The summed E-state index contributed by atoms with van der Waals surface area (Å²) in [6, 6.07) is 13.6. The Labute approximate surface area is 201 Å². The van der Waals surface area contributed by atoms with Gasteiger partial charge in [0.15, 0.2) is 5.96 Å². The first kappa shape index (κ1) is 25.4. The largest absolute Gasteiger partial charge is 0.382 e. The minimum absolute atomic E-state index is 0. The third-order valence-corrected chi connectivity index (χ3v) is 5.31. The summed E-state index contributed by atoms with van der Waals surface area (Å²) in [6.45, 7) is 5.29. The highest BCUT2D eigenvalue weighted by Gasteiger charge is 2.24. The molecule has 0 spiro atoms. The Morgan fingerprint density at radius 1 is 1.16 bits per heavy atom. The van der Waals surface area contributed by atoms with Crippen molar-refractivity contribution in [3.63, 3.8) is 0 Å². The third-order valence-electron chi connectivity index (χ3n) is 5.31. The number of likely N-dealkylation sites (tertiary alicyclic amines) is 1. The molecule has 31 heavy (non-hydrogen) atoms. The Balaban J connectivity index is 0.00000341. The molecule has 1 unspecified atom stereocenters. The van der Waals surface area contributed by atoms with Crippen molar-refractivity contribution in [2.24, 2.45) is 10.9 Å². The SMILES string of the molecule is CN=C(NCc1ccc(Cn2ccccc2=O)cc1)N1CCC(COCCOC)C1.I. The highest BCUT2D eigenvalue weighted by molar-refractivity contribution is 14.0. The molecule has 0 aliphatic carbocycles. The van der Waals surface area contributed by atoms with Gasteiger partial charge in [-0.1, -0.05) is 30.3 Å². The summed E-state index contributed by atoms with van der Waals surface area (Å²) < 4.78 is 12.4. The number of aromatic nitrogens is 1. The molecule has 0 amide bonds. The smallest absolute Gasteiger partial charge is 0.250 e. The van der Waals surface area contributed by atoms with Crippen LogP contribution >= 0.6 is 24.0 Å². The Bertz CT molecular complexity index is 870. The normalized spacial score (nSPS) is 16.3. The number of methoxy groups -OCH3 is 1. The number of hydrogen-bond donors (Lipinski definition) is 1. The highest BCUT2D eigenvalue weighted by Crippen LogP contribution is 2.17. The van der Waals surface area contributed by atoms with E-state index in [1.54, 1.807) is 23.8 Å². The Morgan fingerprint density at radius 2 is 1.94 bits per heavy atom. The molecule has 1 aliphatic rings. The van der Waals surface area contributed by atoms with Crippen LogP contribution in [0.1, 0.15) is 17.5 Å². The molecule has 170 valence electrons. The molecular formula is C23H33IN4O3. The van der Waals surface area contributed by atoms with Crippen molar-refractivity contribution in [3.8, 4) is 0 Å². The first-order valence-electron chi connectivity index (χ1n) is 10.4. The molecule has 3 rings (SSSR count). The van der Waals surface area contributed by atoms with Gasteiger partial charge in [0.25, 0.3) is 5.56 Å². The van der Waals surface area contributed by atoms with Crippen LogP contribution in [0.15, 0.2) is 58.4 Å². The number of nitrogens with one attached hydrogen (secondary N) is 1. The second-order valence-corrected chi connectivity index (χ2v) is 7.55. The summed E-state index contributed by atoms with van der Waals surface area (Å²) >= 11 is 0. The van der Waals surface area contributed by atoms with Gasteiger partial charge in [-0.15, -0.1) is 24.0 Å². The molecule has 1 saturated heterocycles. The number of benzene rings is 1. The lowest BCUT2D eigenvalue weighted by atomic mass is 10.1. The van der Waals surface area contributed by atoms with E-state index in [-0.39, 0.29) is 29.5 Å². The standard InChI is InChI=1S/C23H32N4O3.HI/c1-24-23(27-12-10-21(17-27)18-30-14-13-29-2)25-15-19-6-8-20(9-7-19)16-26-11-4-3-5-22(26)28;/h3-9,11,21H,10,12-18H2,1-2H3,(H,24,25);1H. The van der Waals surface area contributed by atoms with E-state index >= 15 is 0 Å². The predicted octanol–water partition coefficient (Wildman–Crippen LogP) is 2.57. The number of hydrogen-bond acceptors (Lipinski definition) is 4. The highest BCUT2D eigenvalue weighted by atomic mass is 127. The van der Waals surface area contributed by atoms with Crippen molar-refractivity contribution in [1.82, 2.24) is 14.8 Å². The molecule has 1 aromatic carbocycles. The first-order valence-corrected chi connectivity index (χ1v) is 10.4. The van der Waals surface area contributed by atoms with Gasteiger partial charge in [0, 0.05) is 52.0 Å². The van der Waals surface area contributed by atoms with Crippen molar-refractivity contribution in [1.29, 1.82) is 0 Å². The maximum atomic E-state index is 11.9. The summed E-state index contributed by atoms with van der Waals surface area (Å²) in [6.07, 6.45) is 2.93. The number of guanidine groups is 1. The van der Waals surface area contributed by atoms with E-state index in [2.05, 4.69) is 39.5 Å². The summed E-state index contributed by atoms with van der Waals surface area (Å²) in [7, 11) is 3.51. The van der Waals surface area contributed by atoms with Crippen molar-refractivity contribution in [2.45, 2.75) is 19.5 Å². The maximum absolute atomic E-state index is 11.9. The number of pyridine rings is 1. The fourth-order valence-electron chi connectivity index (χ4n) is 3.62. The van der Waals surface area contributed by atoms with Crippen LogP contribution in [0.25, 0.3) is 0 Å². The summed E-state index contributed by atoms with van der Waals surface area (Å²) in [4.78, 5) is 18.6. The van der Waals surface area contributed by atoms with E-state index < -0.39 is 0 Å². The van der Waals surface area contributed by atoms with Gasteiger partial charge >= 0.3 is 0 Å². The Kier molecular flexibility index (Phi) is 11.0. The van der Waals surface area contributed by atoms with Gasteiger partial charge in [-0.05, 0) is 23.6 Å². The van der Waals surface area contributed by atoms with Gasteiger partial charge in [0.2, 0.25) is 0 Å². The van der Waals surface area contributed by atoms with E-state index in [0.717, 1.165) is 37.6 Å². The first-order chi connectivity index (χ1) is 14.7. The van der Waals surface area contributed by atoms with Crippen molar-refractivity contribution < 1.29 is 9.47 Å². The molecule has 0 saturated carbocycles. The lowest BCUT2D eigenvalue weighted by Gasteiger charge is -2.22. The quantitative estimate of drug-likeness (QED) is 0.229. The van der Waals surface area contributed by atoms with Gasteiger partial charge in [-0.2, -0.15) is 0 Å². The molecule has 2 heterocycles. The lowest BCUT2D eigenvalue weighted by molar-refractivity contribution is 0.0536. The molecule has 1 aromatic heterocycles. The predicted molar refractivity (Wildman–Crippen MR) is 134 cm³/mol. The van der Waals surface area contributed by atoms with E-state index in [9.17, 15) is 4.79 Å². The number of ether oxygens (including phenoxy) is 2. The number of nitrogens with zero attached hydrogens (tertiary/aromatic N) is 3. The monoisotopic (exact) mass is 540 g/mol. The van der Waals surface area contributed by atoms with Crippen LogP contribution < -0.4 is 10.9 Å².